The fourth-order valence-corrected chi connectivity index (χ4v) is 3.91. The number of methoxy groups -OCH3 is 2. The molecule has 12 heteroatoms. The molecule has 1 aliphatic heterocycles. The Kier molecular flexibility index (Phi) is 7.19. The quantitative estimate of drug-likeness (QED) is 0.642. The fraction of sp³-hybridized carbons (Fsp3) is 0.250. The van der Waals surface area contributed by atoms with Crippen LogP contribution in [-0.2, 0) is 15.8 Å². The first-order valence-corrected chi connectivity index (χ1v) is 10.3. The Morgan fingerprint density at radius 3 is 2.62 bits per heavy atom. The Balaban J connectivity index is 1.82. The highest BCUT2D eigenvalue weighted by Gasteiger charge is 2.33. The van der Waals surface area contributed by atoms with Crippen LogP contribution in [0.5, 0.6) is 11.5 Å². The maximum atomic E-state index is 13.0. The standard InChI is InChI=1S/C20H17ClF3N3O4S/c1-30-11-4-6-15(31-2)14(8-11)26-19-27-17(28)9-16(32-19)18(29)25-13-7-10(20(22,23)24)3-5-12(13)21/h3-8,16H,9H2,1-2H3,(H,25,29)(H,26,27,28)/t16-/m1/s1. The van der Waals surface area contributed by atoms with Gasteiger partial charge in [-0.15, -0.1) is 0 Å². The number of amides is 2. The first-order valence-electron chi connectivity index (χ1n) is 9.05. The first-order chi connectivity index (χ1) is 15.1. The van der Waals surface area contributed by atoms with Gasteiger partial charge in [-0.3, -0.25) is 9.59 Å². The van der Waals surface area contributed by atoms with Crippen LogP contribution in [0.3, 0.4) is 0 Å². The van der Waals surface area contributed by atoms with Gasteiger partial charge in [-0.25, -0.2) is 4.99 Å². The molecule has 32 heavy (non-hydrogen) atoms. The Morgan fingerprint density at radius 1 is 1.22 bits per heavy atom. The van der Waals surface area contributed by atoms with Gasteiger partial charge in [0.25, 0.3) is 0 Å². The van der Waals surface area contributed by atoms with E-state index in [1.165, 1.54) is 14.2 Å². The average molecular weight is 488 g/mol. The predicted octanol–water partition coefficient (Wildman–Crippen LogP) is 4.62. The molecule has 2 aromatic carbocycles. The summed E-state index contributed by atoms with van der Waals surface area (Å²) in [4.78, 5) is 29.2. The lowest BCUT2D eigenvalue weighted by Crippen LogP contribution is -2.41. The minimum absolute atomic E-state index is 0.0633. The van der Waals surface area contributed by atoms with Crippen LogP contribution in [0, 0.1) is 0 Å². The zero-order valence-electron chi connectivity index (χ0n) is 16.7. The average Bonchev–Trinajstić information content (AvgIpc) is 2.74. The molecule has 170 valence electrons. The highest BCUT2D eigenvalue weighted by atomic mass is 35.5. The smallest absolute Gasteiger partial charge is 0.416 e. The molecule has 0 radical (unpaired) electrons. The second-order valence-corrected chi connectivity index (χ2v) is 8.09. The molecule has 0 aromatic heterocycles. The summed E-state index contributed by atoms with van der Waals surface area (Å²) in [6.07, 6.45) is -4.79. The lowest BCUT2D eigenvalue weighted by molar-refractivity contribution is -0.137. The third-order valence-corrected chi connectivity index (χ3v) is 5.73. The maximum Gasteiger partial charge on any atom is 0.416 e. The van der Waals surface area contributed by atoms with Gasteiger partial charge in [0.2, 0.25) is 11.8 Å². The van der Waals surface area contributed by atoms with Crippen LogP contribution < -0.4 is 20.1 Å². The first kappa shape index (κ1) is 23.7. The van der Waals surface area contributed by atoms with Crippen molar-refractivity contribution in [3.8, 4) is 11.5 Å². The zero-order valence-corrected chi connectivity index (χ0v) is 18.3. The number of benzene rings is 2. The summed E-state index contributed by atoms with van der Waals surface area (Å²) in [5.74, 6) is -0.239. The summed E-state index contributed by atoms with van der Waals surface area (Å²) in [6.45, 7) is 0. The number of thioether (sulfide) groups is 1. The van der Waals surface area contributed by atoms with Crippen LogP contribution >= 0.6 is 23.4 Å². The number of alkyl halides is 3. The zero-order chi connectivity index (χ0) is 23.5. The summed E-state index contributed by atoms with van der Waals surface area (Å²) in [6, 6.07) is 7.49. The third-order valence-electron chi connectivity index (χ3n) is 4.32. The van der Waals surface area contributed by atoms with Crippen LogP contribution in [0.1, 0.15) is 12.0 Å². The predicted molar refractivity (Wildman–Crippen MR) is 116 cm³/mol. The van der Waals surface area contributed by atoms with E-state index in [-0.39, 0.29) is 22.3 Å². The van der Waals surface area contributed by atoms with E-state index in [0.29, 0.717) is 17.2 Å². The van der Waals surface area contributed by atoms with E-state index >= 15 is 0 Å². The highest BCUT2D eigenvalue weighted by molar-refractivity contribution is 8.15. The Bertz CT molecular complexity index is 1080. The van der Waals surface area contributed by atoms with E-state index in [1.807, 2.05) is 0 Å². The van der Waals surface area contributed by atoms with Crippen LogP contribution in [-0.4, -0.2) is 36.5 Å². The van der Waals surface area contributed by atoms with Crippen LogP contribution in [0.25, 0.3) is 0 Å². The number of ether oxygens (including phenoxy) is 2. The van der Waals surface area contributed by atoms with Gasteiger partial charge in [0.15, 0.2) is 5.17 Å². The molecule has 1 atom stereocenters. The fourth-order valence-electron chi connectivity index (χ4n) is 2.75. The molecule has 2 N–H and O–H groups in total. The number of nitrogens with one attached hydrogen (secondary N) is 2. The largest absolute Gasteiger partial charge is 0.497 e. The molecule has 2 aromatic rings. The second-order valence-electron chi connectivity index (χ2n) is 6.50. The van der Waals surface area contributed by atoms with E-state index in [9.17, 15) is 22.8 Å². The van der Waals surface area contributed by atoms with Gasteiger partial charge in [-0.2, -0.15) is 13.2 Å². The van der Waals surface area contributed by atoms with E-state index in [4.69, 9.17) is 21.1 Å². The van der Waals surface area contributed by atoms with E-state index in [0.717, 1.165) is 30.0 Å². The van der Waals surface area contributed by atoms with Crippen molar-refractivity contribution >= 4 is 51.7 Å². The number of halogens is 4. The third kappa shape index (κ3) is 5.65. The SMILES string of the molecule is COc1ccc(OC)c(N=C2NC(=O)C[C@H](C(=O)Nc3cc(C(F)(F)F)ccc3Cl)S2)c1. The van der Waals surface area contributed by atoms with Gasteiger partial charge >= 0.3 is 6.18 Å². The van der Waals surface area contributed by atoms with Gasteiger partial charge in [-0.05, 0) is 30.3 Å². The number of carbonyl (C=O) groups excluding carboxylic acids is 2. The van der Waals surface area contributed by atoms with Crippen molar-refractivity contribution in [3.05, 3.63) is 47.0 Å². The monoisotopic (exact) mass is 487 g/mol. The van der Waals surface area contributed by atoms with Crippen molar-refractivity contribution in [2.75, 3.05) is 19.5 Å². The topological polar surface area (TPSA) is 89.0 Å². The van der Waals surface area contributed by atoms with E-state index < -0.39 is 28.8 Å². The molecule has 1 saturated heterocycles. The van der Waals surface area contributed by atoms with Crippen molar-refractivity contribution in [2.24, 2.45) is 4.99 Å². The molecule has 0 bridgehead atoms. The lowest BCUT2D eigenvalue weighted by atomic mass is 10.2. The Morgan fingerprint density at radius 2 is 1.97 bits per heavy atom. The molecule has 0 aliphatic carbocycles. The summed E-state index contributed by atoms with van der Waals surface area (Å²) in [5.41, 5.74) is -0.804. The van der Waals surface area contributed by atoms with E-state index in [2.05, 4.69) is 15.6 Å². The molecular weight excluding hydrogens is 471 g/mol. The summed E-state index contributed by atoms with van der Waals surface area (Å²) in [7, 11) is 2.93. The summed E-state index contributed by atoms with van der Waals surface area (Å²) >= 11 is 6.89. The van der Waals surface area contributed by atoms with Crippen LogP contribution in [0.2, 0.25) is 5.02 Å². The van der Waals surface area contributed by atoms with E-state index in [1.54, 1.807) is 18.2 Å². The van der Waals surface area contributed by atoms with Gasteiger partial charge in [0.1, 0.15) is 22.4 Å². The number of hydrogen-bond donors (Lipinski definition) is 2. The number of anilines is 1. The molecule has 7 nitrogen and oxygen atoms in total. The highest BCUT2D eigenvalue weighted by Crippen LogP contribution is 2.36. The van der Waals surface area contributed by atoms with Crippen molar-refractivity contribution in [1.29, 1.82) is 0 Å². The molecular formula is C20H17ClF3N3O4S. The number of nitrogens with zero attached hydrogens (tertiary/aromatic N) is 1. The minimum atomic E-state index is -4.60. The molecule has 0 saturated carbocycles. The Labute approximate surface area is 190 Å². The minimum Gasteiger partial charge on any atom is -0.497 e. The molecule has 1 heterocycles. The van der Waals surface area contributed by atoms with Gasteiger partial charge in [-0.1, -0.05) is 23.4 Å². The maximum absolute atomic E-state index is 13.0. The van der Waals surface area contributed by atoms with Crippen molar-refractivity contribution in [3.63, 3.8) is 0 Å². The summed E-state index contributed by atoms with van der Waals surface area (Å²) < 4.78 is 49.3. The van der Waals surface area contributed by atoms with Crippen molar-refractivity contribution in [1.82, 2.24) is 5.32 Å². The number of hydrogen-bond acceptors (Lipinski definition) is 6. The molecule has 1 fully saturated rings. The van der Waals surface area contributed by atoms with Crippen molar-refractivity contribution in [2.45, 2.75) is 17.8 Å². The molecule has 0 spiro atoms. The van der Waals surface area contributed by atoms with Gasteiger partial charge in [0, 0.05) is 12.5 Å². The normalized spacial score (nSPS) is 17.6. The second kappa shape index (κ2) is 9.70. The van der Waals surface area contributed by atoms with Gasteiger partial charge in [0.05, 0.1) is 30.5 Å². The van der Waals surface area contributed by atoms with Gasteiger partial charge < -0.3 is 20.1 Å². The number of carbonyl (C=O) groups is 2. The summed E-state index contributed by atoms with van der Waals surface area (Å²) in [5, 5.41) is 4.06. The molecule has 0 unspecified atom stereocenters. The van der Waals surface area contributed by atoms with Crippen LogP contribution in [0.15, 0.2) is 41.4 Å². The molecule has 1 aliphatic rings. The number of rotatable bonds is 5. The number of aliphatic imine (C=N–C) groups is 1. The molecule has 2 amide bonds. The van der Waals surface area contributed by atoms with Crippen molar-refractivity contribution < 1.29 is 32.2 Å². The Hall–Kier alpha value is -2.92. The molecule has 3 rings (SSSR count). The number of amidine groups is 1. The van der Waals surface area contributed by atoms with Crippen LogP contribution in [0.4, 0.5) is 24.5 Å². The lowest BCUT2D eigenvalue weighted by Gasteiger charge is -2.23.